The van der Waals surface area contributed by atoms with Crippen molar-refractivity contribution >= 4 is 47.2 Å². The molecule has 4 aromatic carbocycles. The van der Waals surface area contributed by atoms with E-state index in [1.807, 2.05) is 18.2 Å². The maximum atomic E-state index is 10.9. The third-order valence-electron chi connectivity index (χ3n) is 5.53. The fourth-order valence-electron chi connectivity index (χ4n) is 3.88. The van der Waals surface area contributed by atoms with Crippen molar-refractivity contribution in [1.82, 2.24) is 5.32 Å². The molecule has 0 aliphatic heterocycles. The summed E-state index contributed by atoms with van der Waals surface area (Å²) in [5, 5.41) is 20.8. The van der Waals surface area contributed by atoms with Gasteiger partial charge in [0.25, 0.3) is 5.69 Å². The van der Waals surface area contributed by atoms with Crippen LogP contribution in [0.2, 0.25) is 0 Å². The molecular formula is C28H26N3O2PS. The predicted octanol–water partition coefficient (Wildman–Crippen LogP) is 5.63. The second-order valence-corrected chi connectivity index (χ2v) is 10.7. The van der Waals surface area contributed by atoms with E-state index >= 15 is 0 Å². The Bertz CT molecular complexity index is 1200. The van der Waals surface area contributed by atoms with E-state index < -0.39 is 12.8 Å². The van der Waals surface area contributed by atoms with Crippen LogP contribution in [-0.2, 0) is 6.42 Å². The normalized spacial score (nSPS) is 11.6. The van der Waals surface area contributed by atoms with Gasteiger partial charge in [0.2, 0.25) is 0 Å². The first-order chi connectivity index (χ1) is 17.1. The highest BCUT2D eigenvalue weighted by Crippen LogP contribution is 2.35. The third kappa shape index (κ3) is 7.19. The number of thiocarbonyl (C=S) groups is 1. The van der Waals surface area contributed by atoms with Gasteiger partial charge in [0.1, 0.15) is 0 Å². The molecule has 4 aromatic rings. The lowest BCUT2D eigenvalue weighted by Gasteiger charge is -2.27. The number of nitro groups is 1. The standard InChI is InChI=1S/C28H26N3O2PS/c32-31(33)25-18-16-23(17-19-25)29-28(35)30-24(20-22-10-4-1-5-11-22)21-34(26-12-6-2-7-13-26)27-14-8-3-9-15-27/h1-19,24H,20-21H2,(H2,29,30,35)/t24-/m0/s1. The summed E-state index contributed by atoms with van der Waals surface area (Å²) in [5.74, 6) is 0. The van der Waals surface area contributed by atoms with Crippen LogP contribution < -0.4 is 21.2 Å². The van der Waals surface area contributed by atoms with Crippen LogP contribution in [0.5, 0.6) is 0 Å². The van der Waals surface area contributed by atoms with Crippen LogP contribution in [0.4, 0.5) is 11.4 Å². The summed E-state index contributed by atoms with van der Waals surface area (Å²) in [5.41, 5.74) is 1.99. The summed E-state index contributed by atoms with van der Waals surface area (Å²) in [4.78, 5) is 10.5. The summed E-state index contributed by atoms with van der Waals surface area (Å²) < 4.78 is 0. The van der Waals surface area contributed by atoms with Gasteiger partial charge in [-0.25, -0.2) is 0 Å². The Morgan fingerprint density at radius 2 is 1.31 bits per heavy atom. The zero-order valence-electron chi connectivity index (χ0n) is 19.1. The van der Waals surface area contributed by atoms with E-state index in [9.17, 15) is 10.1 Å². The second-order valence-electron chi connectivity index (χ2n) is 8.07. The average molecular weight is 500 g/mol. The molecule has 5 nitrogen and oxygen atoms in total. The van der Waals surface area contributed by atoms with Crippen molar-refractivity contribution in [3.05, 3.63) is 131 Å². The Kier molecular flexibility index (Phi) is 8.55. The summed E-state index contributed by atoms with van der Waals surface area (Å²) >= 11 is 5.65. The highest BCUT2D eigenvalue weighted by atomic mass is 32.1. The SMILES string of the molecule is O=[N+]([O-])c1ccc(NC(=S)N[C@@H](Cc2ccccc2)CP(c2ccccc2)c2ccccc2)cc1. The molecule has 7 heteroatoms. The fourth-order valence-corrected chi connectivity index (χ4v) is 6.60. The van der Waals surface area contributed by atoms with E-state index in [2.05, 4.69) is 83.4 Å². The largest absolute Gasteiger partial charge is 0.359 e. The third-order valence-corrected chi connectivity index (χ3v) is 8.40. The van der Waals surface area contributed by atoms with Crippen LogP contribution in [0.25, 0.3) is 0 Å². The average Bonchev–Trinajstić information content (AvgIpc) is 2.89. The van der Waals surface area contributed by atoms with Crippen molar-refractivity contribution in [1.29, 1.82) is 0 Å². The van der Waals surface area contributed by atoms with E-state index in [4.69, 9.17) is 12.2 Å². The van der Waals surface area contributed by atoms with Gasteiger partial charge in [-0.2, -0.15) is 0 Å². The number of benzene rings is 4. The molecule has 0 aliphatic rings. The molecule has 4 rings (SSSR count). The Morgan fingerprint density at radius 3 is 1.83 bits per heavy atom. The molecule has 0 aliphatic carbocycles. The summed E-state index contributed by atoms with van der Waals surface area (Å²) in [6.07, 6.45) is 1.72. The van der Waals surface area contributed by atoms with Crippen LogP contribution in [0.1, 0.15) is 5.56 Å². The summed E-state index contributed by atoms with van der Waals surface area (Å²) in [7, 11) is -0.613. The highest BCUT2D eigenvalue weighted by Gasteiger charge is 2.21. The molecule has 176 valence electrons. The van der Waals surface area contributed by atoms with Crippen LogP contribution in [0.3, 0.4) is 0 Å². The van der Waals surface area contributed by atoms with Crippen molar-refractivity contribution in [2.24, 2.45) is 0 Å². The maximum Gasteiger partial charge on any atom is 0.269 e. The number of hydrogen-bond donors (Lipinski definition) is 2. The van der Waals surface area contributed by atoms with Crippen LogP contribution >= 0.6 is 20.1 Å². The second kappa shape index (κ2) is 12.2. The minimum atomic E-state index is -0.613. The smallest absolute Gasteiger partial charge is 0.269 e. The van der Waals surface area contributed by atoms with E-state index in [-0.39, 0.29) is 11.7 Å². The number of nitro benzene ring substituents is 1. The van der Waals surface area contributed by atoms with Gasteiger partial charge < -0.3 is 10.6 Å². The zero-order valence-corrected chi connectivity index (χ0v) is 20.8. The van der Waals surface area contributed by atoms with Gasteiger partial charge >= 0.3 is 0 Å². The monoisotopic (exact) mass is 499 g/mol. The zero-order chi connectivity index (χ0) is 24.5. The molecule has 0 radical (unpaired) electrons. The Balaban J connectivity index is 1.55. The minimum absolute atomic E-state index is 0.0488. The lowest BCUT2D eigenvalue weighted by molar-refractivity contribution is -0.384. The highest BCUT2D eigenvalue weighted by molar-refractivity contribution is 7.80. The maximum absolute atomic E-state index is 10.9. The molecule has 0 bridgehead atoms. The number of nitrogens with one attached hydrogen (secondary N) is 2. The number of anilines is 1. The van der Waals surface area contributed by atoms with E-state index in [0.717, 1.165) is 12.6 Å². The van der Waals surface area contributed by atoms with Crippen molar-refractivity contribution < 1.29 is 4.92 Å². The molecule has 0 unspecified atom stereocenters. The van der Waals surface area contributed by atoms with Gasteiger partial charge in [-0.15, -0.1) is 0 Å². The summed E-state index contributed by atoms with van der Waals surface area (Å²) in [6.45, 7) is 0. The van der Waals surface area contributed by atoms with Crippen LogP contribution in [0.15, 0.2) is 115 Å². The molecule has 2 N–H and O–H groups in total. The first-order valence-corrected chi connectivity index (χ1v) is 13.3. The Labute approximate surface area is 212 Å². The topological polar surface area (TPSA) is 67.2 Å². The van der Waals surface area contributed by atoms with Gasteiger partial charge in [-0.3, -0.25) is 10.1 Å². The lowest BCUT2D eigenvalue weighted by Crippen LogP contribution is -2.42. The molecule has 0 fully saturated rings. The predicted molar refractivity (Wildman–Crippen MR) is 150 cm³/mol. The molecule has 0 amide bonds. The first kappa shape index (κ1) is 24.5. The van der Waals surface area contributed by atoms with Crippen molar-refractivity contribution in [3.63, 3.8) is 0 Å². The summed E-state index contributed by atoms with van der Waals surface area (Å²) in [6, 6.07) is 38.0. The van der Waals surface area contributed by atoms with Gasteiger partial charge in [-0.05, 0) is 61.0 Å². The molecule has 0 heterocycles. The molecule has 35 heavy (non-hydrogen) atoms. The first-order valence-electron chi connectivity index (χ1n) is 11.3. The number of nitrogens with zero attached hydrogens (tertiary/aromatic N) is 1. The molecular weight excluding hydrogens is 473 g/mol. The van der Waals surface area contributed by atoms with Crippen LogP contribution in [-0.4, -0.2) is 22.2 Å². The van der Waals surface area contributed by atoms with Crippen molar-refractivity contribution in [2.75, 3.05) is 11.5 Å². The Hall–Kier alpha value is -3.60. The number of non-ortho nitro benzene ring substituents is 1. The van der Waals surface area contributed by atoms with E-state index in [0.29, 0.717) is 10.8 Å². The molecule has 0 saturated carbocycles. The Morgan fingerprint density at radius 1 is 0.800 bits per heavy atom. The quantitative estimate of drug-likeness (QED) is 0.135. The molecule has 0 saturated heterocycles. The van der Waals surface area contributed by atoms with Gasteiger partial charge in [-0.1, -0.05) is 91.0 Å². The molecule has 1 atom stereocenters. The van der Waals surface area contributed by atoms with Gasteiger partial charge in [0.15, 0.2) is 5.11 Å². The molecule has 0 spiro atoms. The van der Waals surface area contributed by atoms with Gasteiger partial charge in [0, 0.05) is 23.9 Å². The van der Waals surface area contributed by atoms with Crippen molar-refractivity contribution in [2.45, 2.75) is 12.5 Å². The fraction of sp³-hybridized carbons (Fsp3) is 0.107. The van der Waals surface area contributed by atoms with E-state index in [1.165, 1.54) is 28.3 Å². The van der Waals surface area contributed by atoms with E-state index in [1.54, 1.807) is 12.1 Å². The van der Waals surface area contributed by atoms with Gasteiger partial charge in [0.05, 0.1) is 4.92 Å². The van der Waals surface area contributed by atoms with Crippen LogP contribution in [0, 0.1) is 10.1 Å². The molecule has 0 aromatic heterocycles. The van der Waals surface area contributed by atoms with Crippen molar-refractivity contribution in [3.8, 4) is 0 Å². The number of rotatable bonds is 9. The minimum Gasteiger partial charge on any atom is -0.359 e. The number of hydrogen-bond acceptors (Lipinski definition) is 3. The lowest BCUT2D eigenvalue weighted by atomic mass is 10.1.